The molecule has 1 amide bonds. The molecule has 0 aromatic heterocycles. The van der Waals surface area contributed by atoms with Crippen LogP contribution in [0.5, 0.6) is 0 Å². The number of carbonyl (C=O) groups is 1. The molecule has 1 aromatic carbocycles. The van der Waals surface area contributed by atoms with Crippen molar-refractivity contribution in [2.24, 2.45) is 0 Å². The van der Waals surface area contributed by atoms with E-state index >= 15 is 0 Å². The summed E-state index contributed by atoms with van der Waals surface area (Å²) in [5.41, 5.74) is 0.540. The van der Waals surface area contributed by atoms with Crippen molar-refractivity contribution >= 4 is 5.91 Å². The molecule has 2 rings (SSSR count). The number of hydrogen-bond acceptors (Lipinski definition) is 3. The zero-order valence-corrected chi connectivity index (χ0v) is 14.4. The summed E-state index contributed by atoms with van der Waals surface area (Å²) in [6, 6.07) is 6.17. The van der Waals surface area contributed by atoms with Crippen LogP contribution in [-0.4, -0.2) is 48.2 Å². The van der Waals surface area contributed by atoms with E-state index in [0.29, 0.717) is 12.1 Å². The van der Waals surface area contributed by atoms with Crippen molar-refractivity contribution < 1.29 is 13.9 Å². The molecule has 128 valence electrons. The van der Waals surface area contributed by atoms with Crippen molar-refractivity contribution in [2.75, 3.05) is 19.6 Å². The van der Waals surface area contributed by atoms with Gasteiger partial charge in [0.05, 0.1) is 18.6 Å². The van der Waals surface area contributed by atoms with Crippen LogP contribution in [0.4, 0.5) is 4.39 Å². The topological polar surface area (TPSA) is 41.6 Å². The van der Waals surface area contributed by atoms with E-state index in [1.54, 1.807) is 12.1 Å². The first kappa shape index (κ1) is 17.9. The van der Waals surface area contributed by atoms with Gasteiger partial charge in [-0.05, 0) is 45.4 Å². The molecule has 5 heteroatoms. The molecular formula is C18H27FN2O2. The Morgan fingerprint density at radius 3 is 2.61 bits per heavy atom. The molecule has 1 aliphatic heterocycles. The molecule has 1 N–H and O–H groups in total. The molecule has 1 saturated heterocycles. The number of morpholine rings is 1. The molecule has 4 nitrogen and oxygen atoms in total. The fourth-order valence-electron chi connectivity index (χ4n) is 2.99. The molecule has 0 bridgehead atoms. The van der Waals surface area contributed by atoms with Crippen LogP contribution in [0, 0.1) is 5.82 Å². The highest BCUT2D eigenvalue weighted by Gasteiger charge is 2.33. The third-order valence-electron chi connectivity index (χ3n) is 4.25. The quantitative estimate of drug-likeness (QED) is 0.905. The Morgan fingerprint density at radius 2 is 2.00 bits per heavy atom. The van der Waals surface area contributed by atoms with Crippen LogP contribution in [0.1, 0.15) is 33.3 Å². The zero-order chi connectivity index (χ0) is 17.0. The molecule has 1 aliphatic rings. The number of nitrogens with zero attached hydrogens (tertiary/aromatic N) is 1. The van der Waals surface area contributed by atoms with Gasteiger partial charge in [0.1, 0.15) is 5.82 Å². The van der Waals surface area contributed by atoms with Crippen LogP contribution < -0.4 is 5.32 Å². The minimum Gasteiger partial charge on any atom is -0.373 e. The van der Waals surface area contributed by atoms with Crippen molar-refractivity contribution in [3.63, 3.8) is 0 Å². The van der Waals surface area contributed by atoms with Crippen molar-refractivity contribution in [3.05, 3.63) is 35.6 Å². The molecule has 2 atom stereocenters. The Kier molecular flexibility index (Phi) is 5.76. The Morgan fingerprint density at radius 1 is 1.35 bits per heavy atom. The minimum atomic E-state index is -0.313. The van der Waals surface area contributed by atoms with Crippen LogP contribution in [0.3, 0.4) is 0 Å². The van der Waals surface area contributed by atoms with E-state index in [1.807, 2.05) is 0 Å². The molecule has 0 unspecified atom stereocenters. The van der Waals surface area contributed by atoms with Gasteiger partial charge in [0.15, 0.2) is 0 Å². The van der Waals surface area contributed by atoms with Gasteiger partial charge in [-0.15, -0.1) is 0 Å². The molecule has 0 aliphatic carbocycles. The van der Waals surface area contributed by atoms with Gasteiger partial charge in [0, 0.05) is 25.2 Å². The van der Waals surface area contributed by atoms with Crippen LogP contribution >= 0.6 is 0 Å². The van der Waals surface area contributed by atoms with Gasteiger partial charge in [0.2, 0.25) is 5.91 Å². The fourth-order valence-corrected chi connectivity index (χ4v) is 2.99. The van der Waals surface area contributed by atoms with E-state index in [1.165, 1.54) is 12.1 Å². The Balaban J connectivity index is 1.87. The monoisotopic (exact) mass is 322 g/mol. The lowest BCUT2D eigenvalue weighted by molar-refractivity contribution is -0.122. The van der Waals surface area contributed by atoms with Crippen molar-refractivity contribution in [3.8, 4) is 0 Å². The lowest BCUT2D eigenvalue weighted by atomic mass is 10.00. The Labute approximate surface area is 138 Å². The third-order valence-corrected chi connectivity index (χ3v) is 4.25. The highest BCUT2D eigenvalue weighted by Crippen LogP contribution is 2.20. The summed E-state index contributed by atoms with van der Waals surface area (Å²) in [6.07, 6.45) is 0.589. The van der Waals surface area contributed by atoms with Gasteiger partial charge in [-0.25, -0.2) is 4.39 Å². The smallest absolute Gasteiger partial charge is 0.224 e. The SMILES string of the molecule is C[C@H]1CN(C(C)(C)CNC(=O)Cc2cccc(F)c2)C[C@H](C)O1. The average Bonchev–Trinajstić information content (AvgIpc) is 2.44. The van der Waals surface area contributed by atoms with E-state index in [9.17, 15) is 9.18 Å². The van der Waals surface area contributed by atoms with E-state index in [0.717, 1.165) is 13.1 Å². The van der Waals surface area contributed by atoms with Crippen LogP contribution in [-0.2, 0) is 16.0 Å². The second kappa shape index (κ2) is 7.41. The highest BCUT2D eigenvalue weighted by atomic mass is 19.1. The van der Waals surface area contributed by atoms with E-state index in [-0.39, 0.29) is 35.9 Å². The standard InChI is InChI=1S/C18H27FN2O2/c1-13-10-21(11-14(2)23-13)18(3,4)12-20-17(22)9-15-6-5-7-16(19)8-15/h5-8,13-14H,9-12H2,1-4H3,(H,20,22)/t13-,14-/m0/s1. The van der Waals surface area contributed by atoms with Gasteiger partial charge in [0.25, 0.3) is 0 Å². The zero-order valence-electron chi connectivity index (χ0n) is 14.4. The Bertz CT molecular complexity index is 538. The van der Waals surface area contributed by atoms with Crippen molar-refractivity contribution in [1.29, 1.82) is 0 Å². The molecule has 1 fully saturated rings. The first-order chi connectivity index (χ1) is 10.8. The highest BCUT2D eigenvalue weighted by molar-refractivity contribution is 5.78. The first-order valence-corrected chi connectivity index (χ1v) is 8.18. The van der Waals surface area contributed by atoms with Crippen molar-refractivity contribution in [2.45, 2.75) is 51.9 Å². The fraction of sp³-hybridized carbons (Fsp3) is 0.611. The van der Waals surface area contributed by atoms with Crippen LogP contribution in [0.15, 0.2) is 24.3 Å². The van der Waals surface area contributed by atoms with Crippen LogP contribution in [0.2, 0.25) is 0 Å². The van der Waals surface area contributed by atoms with Crippen molar-refractivity contribution in [1.82, 2.24) is 10.2 Å². The number of amides is 1. The molecule has 1 aromatic rings. The average molecular weight is 322 g/mol. The molecular weight excluding hydrogens is 295 g/mol. The van der Waals surface area contributed by atoms with E-state index < -0.39 is 0 Å². The second-order valence-corrected chi connectivity index (χ2v) is 7.06. The van der Waals surface area contributed by atoms with Gasteiger partial charge < -0.3 is 10.1 Å². The predicted octanol–water partition coefficient (Wildman–Crippen LogP) is 2.37. The number of rotatable bonds is 5. The van der Waals surface area contributed by atoms with Gasteiger partial charge in [-0.1, -0.05) is 12.1 Å². The summed E-state index contributed by atoms with van der Waals surface area (Å²) >= 11 is 0. The van der Waals surface area contributed by atoms with E-state index in [2.05, 4.69) is 37.9 Å². The predicted molar refractivity (Wildman–Crippen MR) is 88.8 cm³/mol. The maximum atomic E-state index is 13.2. The van der Waals surface area contributed by atoms with Gasteiger partial charge >= 0.3 is 0 Å². The molecule has 23 heavy (non-hydrogen) atoms. The lowest BCUT2D eigenvalue weighted by Crippen LogP contribution is -2.58. The maximum absolute atomic E-state index is 13.2. The largest absolute Gasteiger partial charge is 0.373 e. The second-order valence-electron chi connectivity index (χ2n) is 7.06. The lowest BCUT2D eigenvalue weighted by Gasteiger charge is -2.45. The number of hydrogen-bond donors (Lipinski definition) is 1. The van der Waals surface area contributed by atoms with Gasteiger partial charge in [-0.2, -0.15) is 0 Å². The van der Waals surface area contributed by atoms with Crippen LogP contribution in [0.25, 0.3) is 0 Å². The number of benzene rings is 1. The first-order valence-electron chi connectivity index (χ1n) is 8.18. The summed E-state index contributed by atoms with van der Waals surface area (Å²) in [4.78, 5) is 14.5. The third kappa shape index (κ3) is 5.29. The summed E-state index contributed by atoms with van der Waals surface area (Å²) < 4.78 is 18.9. The molecule has 1 heterocycles. The molecule has 0 spiro atoms. The number of nitrogens with one attached hydrogen (secondary N) is 1. The van der Waals surface area contributed by atoms with E-state index in [4.69, 9.17) is 4.74 Å². The molecule has 0 saturated carbocycles. The Hall–Kier alpha value is -1.46. The van der Waals surface area contributed by atoms with Gasteiger partial charge in [-0.3, -0.25) is 9.69 Å². The maximum Gasteiger partial charge on any atom is 0.224 e. The molecule has 0 radical (unpaired) electrons. The number of halogens is 1. The summed E-state index contributed by atoms with van der Waals surface area (Å²) in [5.74, 6) is -0.398. The normalized spacial score (nSPS) is 22.8. The number of carbonyl (C=O) groups excluding carboxylic acids is 1. The minimum absolute atomic E-state index is 0.0852. The summed E-state index contributed by atoms with van der Waals surface area (Å²) in [5, 5.41) is 2.97. The summed E-state index contributed by atoms with van der Waals surface area (Å²) in [7, 11) is 0. The summed E-state index contributed by atoms with van der Waals surface area (Å²) in [6.45, 7) is 10.7. The number of ether oxygens (including phenoxy) is 1.